The lowest BCUT2D eigenvalue weighted by molar-refractivity contribution is -0.120. The summed E-state index contributed by atoms with van der Waals surface area (Å²) in [4.78, 5) is 27.4. The third-order valence-corrected chi connectivity index (χ3v) is 3.51. The van der Waals surface area contributed by atoms with E-state index in [9.17, 15) is 9.59 Å². The Morgan fingerprint density at radius 1 is 1.50 bits per heavy atom. The molecule has 1 aromatic heterocycles. The van der Waals surface area contributed by atoms with Gasteiger partial charge in [0.2, 0.25) is 5.91 Å². The van der Waals surface area contributed by atoms with Crippen molar-refractivity contribution in [1.82, 2.24) is 15.6 Å². The van der Waals surface area contributed by atoms with Crippen molar-refractivity contribution in [3.05, 3.63) is 4.88 Å². The highest BCUT2D eigenvalue weighted by Crippen LogP contribution is 2.24. The summed E-state index contributed by atoms with van der Waals surface area (Å²) in [5.41, 5.74) is 5.61. The third-order valence-electron chi connectivity index (χ3n) is 2.43. The van der Waals surface area contributed by atoms with E-state index in [-0.39, 0.29) is 24.2 Å². The molecule has 0 aliphatic heterocycles. The first-order chi connectivity index (χ1) is 8.60. The molecule has 7 nitrogen and oxygen atoms in total. The van der Waals surface area contributed by atoms with E-state index < -0.39 is 0 Å². The van der Waals surface area contributed by atoms with Gasteiger partial charge in [-0.2, -0.15) is 0 Å². The lowest BCUT2D eigenvalue weighted by atomic mass is 10.4. The average Bonchev–Trinajstić information content (AvgIpc) is 3.07. The highest BCUT2D eigenvalue weighted by molar-refractivity contribution is 7.18. The molecule has 1 saturated carbocycles. The van der Waals surface area contributed by atoms with Crippen LogP contribution >= 0.6 is 11.3 Å². The fraction of sp³-hybridized carbons (Fsp3) is 0.500. The first-order valence-corrected chi connectivity index (χ1v) is 6.43. The van der Waals surface area contributed by atoms with E-state index in [1.54, 1.807) is 7.05 Å². The number of thiazole rings is 1. The molecular weight excluding hydrogens is 254 g/mol. The summed E-state index contributed by atoms with van der Waals surface area (Å²) >= 11 is 1.15. The molecule has 8 heteroatoms. The zero-order valence-electron chi connectivity index (χ0n) is 9.95. The normalized spacial score (nSPS) is 14.1. The van der Waals surface area contributed by atoms with Crippen LogP contribution in [0.25, 0.3) is 0 Å². The summed E-state index contributed by atoms with van der Waals surface area (Å²) in [7, 11) is 1.70. The van der Waals surface area contributed by atoms with Gasteiger partial charge in [0.25, 0.3) is 5.91 Å². The van der Waals surface area contributed by atoms with Crippen molar-refractivity contribution in [2.24, 2.45) is 0 Å². The predicted octanol–water partition coefficient (Wildman–Crippen LogP) is -0.225. The summed E-state index contributed by atoms with van der Waals surface area (Å²) in [5, 5.41) is 8.68. The number of rotatable bonds is 5. The van der Waals surface area contributed by atoms with Crippen molar-refractivity contribution in [3.8, 4) is 0 Å². The molecule has 0 spiro atoms. The van der Waals surface area contributed by atoms with Gasteiger partial charge in [-0.15, -0.1) is 0 Å². The molecule has 0 radical (unpaired) electrons. The van der Waals surface area contributed by atoms with E-state index in [1.807, 2.05) is 0 Å². The van der Waals surface area contributed by atoms with Crippen LogP contribution in [0, 0.1) is 0 Å². The number of hydrogen-bond acceptors (Lipinski definition) is 6. The van der Waals surface area contributed by atoms with Gasteiger partial charge in [0, 0.05) is 13.1 Å². The number of carbonyl (C=O) groups is 2. The van der Waals surface area contributed by atoms with E-state index >= 15 is 0 Å². The van der Waals surface area contributed by atoms with Crippen molar-refractivity contribution in [3.63, 3.8) is 0 Å². The standard InChI is InChI=1S/C10H15N5O2S/c1-12-10-15-8(11)7(18-10)9(17)13-4-6(16)14-5-2-3-5/h5H,2-4,11H2,1H3,(H,12,15)(H,13,17)(H,14,16). The molecule has 1 heterocycles. The SMILES string of the molecule is CNc1nc(N)c(C(=O)NCC(=O)NC2CC2)s1. The third kappa shape index (κ3) is 3.10. The Balaban J connectivity index is 1.86. The first kappa shape index (κ1) is 12.6. The highest BCUT2D eigenvalue weighted by atomic mass is 32.1. The van der Waals surface area contributed by atoms with Crippen LogP contribution in [0.15, 0.2) is 0 Å². The molecule has 1 aliphatic carbocycles. The Morgan fingerprint density at radius 2 is 2.22 bits per heavy atom. The fourth-order valence-electron chi connectivity index (χ4n) is 1.35. The van der Waals surface area contributed by atoms with Crippen LogP contribution in [-0.2, 0) is 4.79 Å². The maximum Gasteiger partial charge on any atom is 0.265 e. The number of nitrogens with two attached hydrogens (primary N) is 1. The molecule has 0 bridgehead atoms. The number of nitrogens with zero attached hydrogens (tertiary/aromatic N) is 1. The second kappa shape index (κ2) is 5.21. The second-order valence-electron chi connectivity index (χ2n) is 4.01. The Hall–Kier alpha value is -1.83. The fourth-order valence-corrected chi connectivity index (χ4v) is 2.10. The van der Waals surface area contributed by atoms with Crippen LogP contribution in [0.3, 0.4) is 0 Å². The maximum absolute atomic E-state index is 11.8. The lowest BCUT2D eigenvalue weighted by Crippen LogP contribution is -2.37. The van der Waals surface area contributed by atoms with E-state index in [0.29, 0.717) is 16.1 Å². The van der Waals surface area contributed by atoms with Crippen LogP contribution in [-0.4, -0.2) is 36.4 Å². The van der Waals surface area contributed by atoms with Gasteiger partial charge in [0.05, 0.1) is 6.54 Å². The van der Waals surface area contributed by atoms with Crippen molar-refractivity contribution in [1.29, 1.82) is 0 Å². The van der Waals surface area contributed by atoms with Gasteiger partial charge in [0.15, 0.2) is 5.13 Å². The molecule has 1 fully saturated rings. The Kier molecular flexibility index (Phi) is 3.66. The van der Waals surface area contributed by atoms with Crippen molar-refractivity contribution in [2.75, 3.05) is 24.6 Å². The van der Waals surface area contributed by atoms with Gasteiger partial charge in [-0.3, -0.25) is 9.59 Å². The van der Waals surface area contributed by atoms with Crippen LogP contribution < -0.4 is 21.7 Å². The molecule has 1 aromatic rings. The highest BCUT2D eigenvalue weighted by Gasteiger charge is 2.23. The van der Waals surface area contributed by atoms with Gasteiger partial charge >= 0.3 is 0 Å². The number of anilines is 2. The van der Waals surface area contributed by atoms with Crippen molar-refractivity contribution < 1.29 is 9.59 Å². The van der Waals surface area contributed by atoms with Gasteiger partial charge in [-0.25, -0.2) is 4.98 Å². The summed E-state index contributed by atoms with van der Waals surface area (Å²) in [6.07, 6.45) is 2.04. The van der Waals surface area contributed by atoms with Crippen LogP contribution in [0.4, 0.5) is 10.9 Å². The number of nitrogen functional groups attached to an aromatic ring is 1. The number of amides is 2. The predicted molar refractivity (Wildman–Crippen MR) is 69.6 cm³/mol. The molecule has 98 valence electrons. The van der Waals surface area contributed by atoms with Gasteiger partial charge in [0.1, 0.15) is 10.7 Å². The largest absolute Gasteiger partial charge is 0.382 e. The van der Waals surface area contributed by atoms with E-state index in [1.165, 1.54) is 0 Å². The first-order valence-electron chi connectivity index (χ1n) is 5.61. The minimum absolute atomic E-state index is 0.0401. The molecule has 18 heavy (non-hydrogen) atoms. The molecule has 0 saturated heterocycles. The Bertz CT molecular complexity index is 469. The van der Waals surface area contributed by atoms with Crippen molar-refractivity contribution >= 4 is 34.1 Å². The summed E-state index contributed by atoms with van der Waals surface area (Å²) in [5.74, 6) is -0.385. The summed E-state index contributed by atoms with van der Waals surface area (Å²) in [6, 6.07) is 0.291. The summed E-state index contributed by atoms with van der Waals surface area (Å²) in [6.45, 7) is -0.0401. The minimum atomic E-state index is -0.377. The lowest BCUT2D eigenvalue weighted by Gasteiger charge is -2.04. The molecule has 2 amide bonds. The van der Waals surface area contributed by atoms with Gasteiger partial charge in [-0.05, 0) is 12.8 Å². The molecule has 1 aliphatic rings. The molecule has 0 atom stereocenters. The molecule has 0 unspecified atom stereocenters. The zero-order valence-corrected chi connectivity index (χ0v) is 10.8. The minimum Gasteiger partial charge on any atom is -0.382 e. The Labute approximate surface area is 108 Å². The number of hydrogen-bond donors (Lipinski definition) is 4. The molecular formula is C10H15N5O2S. The van der Waals surface area contributed by atoms with Gasteiger partial charge in [-0.1, -0.05) is 11.3 Å². The summed E-state index contributed by atoms with van der Waals surface area (Å²) < 4.78 is 0. The van der Waals surface area contributed by atoms with E-state index in [0.717, 1.165) is 24.2 Å². The number of nitrogens with one attached hydrogen (secondary N) is 3. The number of aromatic nitrogens is 1. The maximum atomic E-state index is 11.8. The van der Waals surface area contributed by atoms with Gasteiger partial charge < -0.3 is 21.7 Å². The monoisotopic (exact) mass is 269 g/mol. The molecule has 5 N–H and O–H groups in total. The smallest absolute Gasteiger partial charge is 0.265 e. The topological polar surface area (TPSA) is 109 Å². The van der Waals surface area contributed by atoms with E-state index in [4.69, 9.17) is 5.73 Å². The molecule has 0 aromatic carbocycles. The zero-order chi connectivity index (χ0) is 13.1. The quantitative estimate of drug-likeness (QED) is 0.590. The van der Waals surface area contributed by atoms with Crippen LogP contribution in [0.2, 0.25) is 0 Å². The second-order valence-corrected chi connectivity index (χ2v) is 5.01. The van der Waals surface area contributed by atoms with Crippen LogP contribution in [0.1, 0.15) is 22.5 Å². The van der Waals surface area contributed by atoms with E-state index in [2.05, 4.69) is 20.9 Å². The average molecular weight is 269 g/mol. The van der Waals surface area contributed by atoms with Crippen molar-refractivity contribution in [2.45, 2.75) is 18.9 Å². The molecule has 2 rings (SSSR count). The Morgan fingerprint density at radius 3 is 2.78 bits per heavy atom. The number of carbonyl (C=O) groups excluding carboxylic acids is 2. The van der Waals surface area contributed by atoms with Crippen LogP contribution in [0.5, 0.6) is 0 Å².